The molecule has 0 aliphatic carbocycles. The Bertz CT molecular complexity index is 1320. The van der Waals surface area contributed by atoms with Crippen molar-refractivity contribution in [2.24, 2.45) is 0 Å². The van der Waals surface area contributed by atoms with Gasteiger partial charge in [0.25, 0.3) is 0 Å². The van der Waals surface area contributed by atoms with E-state index in [1.54, 1.807) is 0 Å². The van der Waals surface area contributed by atoms with E-state index in [9.17, 15) is 65.1 Å². The van der Waals surface area contributed by atoms with E-state index >= 15 is 0 Å². The number of nitrogens with one attached hydrogen (secondary N) is 2. The molecule has 3 rings (SSSR count). The fourth-order valence-corrected chi connectivity index (χ4v) is 5.86. The number of carbonyl (C=O) groups is 4. The molecule has 3 amide bonds. The topological polar surface area (TPSA) is 327 Å². The molecule has 0 unspecified atom stereocenters. The number of hydrogen-bond donors (Lipinski definition) is 11. The van der Waals surface area contributed by atoms with Crippen LogP contribution in [0.3, 0.4) is 0 Å². The molecule has 0 spiro atoms. The molecular weight excluding hydrogens is 764 g/mol. The number of rotatable bonds is 24. The first-order valence-electron chi connectivity index (χ1n) is 18.5. The van der Waals surface area contributed by atoms with Gasteiger partial charge in [-0.25, -0.2) is 4.79 Å². The van der Waals surface area contributed by atoms with Gasteiger partial charge in [0.05, 0.1) is 46.1 Å². The van der Waals surface area contributed by atoms with Crippen LogP contribution in [-0.4, -0.2) is 213 Å². The molecule has 2 saturated heterocycles. The summed E-state index contributed by atoms with van der Waals surface area (Å²) < 4.78 is 26.8. The second-order valence-electron chi connectivity index (χ2n) is 13.5. The average Bonchev–Trinajstić information content (AvgIpc) is 3.18. The number of aliphatic hydroxyl groups is 8. The molecule has 22 nitrogen and oxygen atoms in total. The lowest BCUT2D eigenvalue weighted by Gasteiger charge is -2.40. The number of unbranched alkanes of at least 4 members (excludes halogenated alkanes) is 2. The zero-order valence-electron chi connectivity index (χ0n) is 31.4. The highest BCUT2D eigenvalue weighted by atomic mass is 16.7. The summed E-state index contributed by atoms with van der Waals surface area (Å²) in [6.07, 6.45) is -14.5. The van der Waals surface area contributed by atoms with Gasteiger partial charge in [0.2, 0.25) is 11.8 Å². The summed E-state index contributed by atoms with van der Waals surface area (Å²) in [6, 6.07) is 9.20. The Morgan fingerprint density at radius 3 is 1.70 bits per heavy atom. The van der Waals surface area contributed by atoms with Crippen LogP contribution < -0.4 is 10.6 Å². The smallest absolute Gasteiger partial charge is 0.407 e. The van der Waals surface area contributed by atoms with Crippen molar-refractivity contribution in [3.63, 3.8) is 0 Å². The van der Waals surface area contributed by atoms with Gasteiger partial charge in [0, 0.05) is 26.2 Å². The van der Waals surface area contributed by atoms with Crippen molar-refractivity contribution in [1.82, 2.24) is 20.4 Å². The number of aliphatic carboxylic acids is 1. The molecule has 22 heteroatoms. The molecule has 2 heterocycles. The van der Waals surface area contributed by atoms with Crippen molar-refractivity contribution in [1.29, 1.82) is 0 Å². The number of carboxylic acid groups (broad SMARTS) is 1. The third-order valence-corrected chi connectivity index (χ3v) is 9.08. The number of benzene rings is 1. The molecule has 2 aliphatic rings. The molecule has 57 heavy (non-hydrogen) atoms. The van der Waals surface area contributed by atoms with Crippen LogP contribution in [0.2, 0.25) is 0 Å². The van der Waals surface area contributed by atoms with Gasteiger partial charge in [0.1, 0.15) is 55.4 Å². The van der Waals surface area contributed by atoms with Gasteiger partial charge in [-0.15, -0.1) is 0 Å². The van der Waals surface area contributed by atoms with Crippen LogP contribution in [0.1, 0.15) is 24.8 Å². The van der Waals surface area contributed by atoms with E-state index in [1.165, 1.54) is 0 Å². The Labute approximate surface area is 328 Å². The minimum atomic E-state index is -1.73. The number of nitrogens with zero attached hydrogens (tertiary/aromatic N) is 2. The molecular formula is C35H56N4O18. The number of hydrogen-bond acceptors (Lipinski definition) is 18. The summed E-state index contributed by atoms with van der Waals surface area (Å²) in [6.45, 7) is -3.67. The molecule has 0 aromatic heterocycles. The Kier molecular flexibility index (Phi) is 20.9. The first-order chi connectivity index (χ1) is 27.2. The Balaban J connectivity index is 1.51. The highest BCUT2D eigenvalue weighted by Crippen LogP contribution is 2.23. The molecule has 2 aliphatic heterocycles. The van der Waals surface area contributed by atoms with Crippen molar-refractivity contribution in [3.05, 3.63) is 35.9 Å². The van der Waals surface area contributed by atoms with Crippen molar-refractivity contribution < 1.29 is 88.8 Å². The van der Waals surface area contributed by atoms with E-state index in [2.05, 4.69) is 10.6 Å². The number of carbonyl (C=O) groups excluding carboxylic acids is 3. The van der Waals surface area contributed by atoms with E-state index in [0.29, 0.717) is 25.8 Å². The van der Waals surface area contributed by atoms with Crippen LogP contribution in [0.25, 0.3) is 0 Å². The minimum Gasteiger partial charge on any atom is -0.480 e. The van der Waals surface area contributed by atoms with Crippen molar-refractivity contribution in [3.8, 4) is 0 Å². The number of aliphatic hydroxyl groups excluding tert-OH is 8. The van der Waals surface area contributed by atoms with Crippen LogP contribution in [0.4, 0.5) is 4.79 Å². The van der Waals surface area contributed by atoms with Gasteiger partial charge in [-0.3, -0.25) is 19.3 Å². The summed E-state index contributed by atoms with van der Waals surface area (Å²) >= 11 is 0. The van der Waals surface area contributed by atoms with Gasteiger partial charge >= 0.3 is 12.1 Å². The van der Waals surface area contributed by atoms with Crippen molar-refractivity contribution in [2.45, 2.75) is 87.3 Å². The average molecular weight is 821 g/mol. The molecule has 0 radical (unpaired) electrons. The molecule has 1 aromatic carbocycles. The maximum atomic E-state index is 13.6. The Morgan fingerprint density at radius 1 is 0.667 bits per heavy atom. The zero-order chi connectivity index (χ0) is 41.9. The van der Waals surface area contributed by atoms with Gasteiger partial charge in [0.15, 0.2) is 12.6 Å². The maximum absolute atomic E-state index is 13.6. The predicted molar refractivity (Wildman–Crippen MR) is 192 cm³/mol. The van der Waals surface area contributed by atoms with E-state index < -0.39 is 118 Å². The SMILES string of the molecule is O=C(O)CN(CC(=O)NCCCCCNC(=O)OCc1ccccc1)CC(=O)N(CCO[C@H]1O[C@H](CO)[C@@H](O)[C@H](O)[C@@H]1O)CCO[C@H]1O[C@H](CO)[C@@H](O)[C@H](O)[C@@H]1O. The van der Waals surface area contributed by atoms with Crippen LogP contribution in [-0.2, 0) is 44.7 Å². The third-order valence-electron chi connectivity index (χ3n) is 9.08. The van der Waals surface area contributed by atoms with Crippen LogP contribution in [0.5, 0.6) is 0 Å². The second kappa shape index (κ2) is 25.0. The lowest BCUT2D eigenvalue weighted by atomic mass is 9.99. The summed E-state index contributed by atoms with van der Waals surface area (Å²) in [4.78, 5) is 52.0. The Hall–Kier alpha value is -3.62. The van der Waals surface area contributed by atoms with E-state index in [1.807, 2.05) is 30.3 Å². The maximum Gasteiger partial charge on any atom is 0.407 e. The third kappa shape index (κ3) is 15.9. The summed E-state index contributed by atoms with van der Waals surface area (Å²) in [5.74, 6) is -2.60. The standard InChI is InChI=1S/C35H56N4O18/c40-18-22-27(46)29(48)31(50)33(56-22)53-13-11-39(12-14-54-34-32(51)30(49)28(47)23(19-41)57-34)25(43)16-38(17-26(44)45)15-24(42)36-9-5-2-6-10-37-35(52)55-20-21-7-3-1-4-8-21/h1,3-4,7-8,22-23,27-34,40-41,46-51H,2,5-6,9-20H2,(H,36,42)(H,37,52)(H,44,45)/t22-,23-,27-,28-,29+,30+,31+,32+,33+,34+/m1/s1. The minimum absolute atomic E-state index is 0.140. The van der Waals surface area contributed by atoms with Crippen LogP contribution >= 0.6 is 0 Å². The van der Waals surface area contributed by atoms with Crippen LogP contribution in [0, 0.1) is 0 Å². The first kappa shape index (κ1) is 47.8. The van der Waals surface area contributed by atoms with Gasteiger partial charge in [-0.2, -0.15) is 0 Å². The highest BCUT2D eigenvalue weighted by Gasteiger charge is 2.45. The molecule has 2 fully saturated rings. The summed E-state index contributed by atoms with van der Waals surface area (Å²) in [5.41, 5.74) is 0.853. The van der Waals surface area contributed by atoms with E-state index in [0.717, 1.165) is 15.4 Å². The normalized spacial score (nSPS) is 27.5. The number of amides is 3. The highest BCUT2D eigenvalue weighted by molar-refractivity contribution is 5.82. The largest absolute Gasteiger partial charge is 0.480 e. The lowest BCUT2D eigenvalue weighted by Crippen LogP contribution is -2.59. The molecule has 324 valence electrons. The number of alkyl carbamates (subject to hydrolysis) is 1. The number of ether oxygens (including phenoxy) is 5. The molecule has 0 saturated carbocycles. The second-order valence-corrected chi connectivity index (χ2v) is 13.5. The number of carboxylic acids is 1. The fourth-order valence-electron chi connectivity index (χ4n) is 5.86. The van der Waals surface area contributed by atoms with E-state index in [4.69, 9.17) is 23.7 Å². The fraction of sp³-hybridized carbons (Fsp3) is 0.714. The quantitative estimate of drug-likeness (QED) is 0.0435. The van der Waals surface area contributed by atoms with Gasteiger partial charge in [-0.05, 0) is 24.8 Å². The first-order valence-corrected chi connectivity index (χ1v) is 18.5. The summed E-state index contributed by atoms with van der Waals surface area (Å²) in [5, 5.41) is 94.5. The van der Waals surface area contributed by atoms with Crippen molar-refractivity contribution in [2.75, 3.05) is 72.2 Å². The zero-order valence-corrected chi connectivity index (χ0v) is 31.4. The van der Waals surface area contributed by atoms with E-state index in [-0.39, 0.29) is 39.5 Å². The van der Waals surface area contributed by atoms with Gasteiger partial charge in [-0.1, -0.05) is 30.3 Å². The molecule has 10 atom stereocenters. The molecule has 0 bridgehead atoms. The van der Waals surface area contributed by atoms with Crippen molar-refractivity contribution >= 4 is 23.9 Å². The lowest BCUT2D eigenvalue weighted by molar-refractivity contribution is -0.303. The monoisotopic (exact) mass is 820 g/mol. The van der Waals surface area contributed by atoms with Crippen LogP contribution in [0.15, 0.2) is 30.3 Å². The molecule has 1 aromatic rings. The molecule has 11 N–H and O–H groups in total. The Morgan fingerprint density at radius 2 is 1.19 bits per heavy atom. The summed E-state index contributed by atoms with van der Waals surface area (Å²) in [7, 11) is 0. The predicted octanol–water partition coefficient (Wildman–Crippen LogP) is -4.95. The van der Waals surface area contributed by atoms with Gasteiger partial charge < -0.3 is 85.2 Å².